The molecule has 0 saturated carbocycles. The normalized spacial score (nSPS) is 10.8. The van der Waals surface area contributed by atoms with Crippen molar-refractivity contribution in [3.63, 3.8) is 0 Å². The fourth-order valence-corrected chi connectivity index (χ4v) is 2.99. The minimum absolute atomic E-state index is 0.805. The van der Waals surface area contributed by atoms with Gasteiger partial charge in [0, 0.05) is 31.2 Å². The molecule has 0 spiro atoms. The van der Waals surface area contributed by atoms with Gasteiger partial charge in [-0.3, -0.25) is 4.68 Å². The maximum atomic E-state index is 4.35. The highest BCUT2D eigenvalue weighted by atomic mass is 32.1. The molecule has 1 aromatic carbocycles. The van der Waals surface area contributed by atoms with Crippen LogP contribution in [0.15, 0.2) is 54.0 Å². The summed E-state index contributed by atoms with van der Waals surface area (Å²) >= 11 is 1.80. The first-order chi connectivity index (χ1) is 9.81. The predicted molar refractivity (Wildman–Crippen MR) is 83.5 cm³/mol. The molecule has 0 radical (unpaired) electrons. The Morgan fingerprint density at radius 2 is 1.95 bits per heavy atom. The van der Waals surface area contributed by atoms with E-state index in [9.17, 15) is 0 Å². The SMILES string of the molecule is Cn1ccc(CNCc2cc(-c3ccccc3)cs2)n1. The molecular formula is C16H17N3S. The quantitative estimate of drug-likeness (QED) is 0.777. The first kappa shape index (κ1) is 13.1. The zero-order valence-electron chi connectivity index (χ0n) is 11.4. The molecule has 0 fully saturated rings. The van der Waals surface area contributed by atoms with Gasteiger partial charge in [0.2, 0.25) is 0 Å². The van der Waals surface area contributed by atoms with Crippen LogP contribution in [-0.2, 0) is 20.1 Å². The topological polar surface area (TPSA) is 29.9 Å². The predicted octanol–water partition coefficient (Wildman–Crippen LogP) is 3.44. The molecule has 2 heterocycles. The van der Waals surface area contributed by atoms with E-state index in [4.69, 9.17) is 0 Å². The van der Waals surface area contributed by atoms with Crippen LogP contribution in [0.2, 0.25) is 0 Å². The van der Waals surface area contributed by atoms with Crippen LogP contribution in [-0.4, -0.2) is 9.78 Å². The average molecular weight is 283 g/mol. The number of thiophene rings is 1. The van der Waals surface area contributed by atoms with Crippen molar-refractivity contribution in [2.45, 2.75) is 13.1 Å². The molecule has 0 saturated heterocycles. The van der Waals surface area contributed by atoms with Crippen molar-refractivity contribution < 1.29 is 0 Å². The molecule has 0 aliphatic rings. The number of benzene rings is 1. The zero-order valence-corrected chi connectivity index (χ0v) is 12.2. The van der Waals surface area contributed by atoms with Gasteiger partial charge in [-0.05, 0) is 28.6 Å². The Hall–Kier alpha value is -1.91. The maximum absolute atomic E-state index is 4.35. The molecule has 3 aromatic rings. The van der Waals surface area contributed by atoms with E-state index in [0.717, 1.165) is 18.8 Å². The molecule has 0 atom stereocenters. The smallest absolute Gasteiger partial charge is 0.0762 e. The minimum atomic E-state index is 0.805. The Morgan fingerprint density at radius 1 is 1.10 bits per heavy atom. The summed E-state index contributed by atoms with van der Waals surface area (Å²) in [7, 11) is 1.94. The highest BCUT2D eigenvalue weighted by Crippen LogP contribution is 2.25. The Balaban J connectivity index is 1.58. The number of hydrogen-bond acceptors (Lipinski definition) is 3. The molecular weight excluding hydrogens is 266 g/mol. The molecule has 2 aromatic heterocycles. The van der Waals surface area contributed by atoms with Crippen molar-refractivity contribution in [2.24, 2.45) is 7.05 Å². The van der Waals surface area contributed by atoms with Gasteiger partial charge in [0.25, 0.3) is 0 Å². The number of aromatic nitrogens is 2. The van der Waals surface area contributed by atoms with Crippen LogP contribution >= 0.6 is 11.3 Å². The third-order valence-corrected chi connectivity index (χ3v) is 4.07. The molecule has 3 rings (SSSR count). The fraction of sp³-hybridized carbons (Fsp3) is 0.188. The van der Waals surface area contributed by atoms with E-state index in [1.54, 1.807) is 11.3 Å². The molecule has 1 N–H and O–H groups in total. The van der Waals surface area contributed by atoms with Crippen LogP contribution in [0.1, 0.15) is 10.6 Å². The third-order valence-electron chi connectivity index (χ3n) is 3.14. The molecule has 3 nitrogen and oxygen atoms in total. The van der Waals surface area contributed by atoms with Crippen molar-refractivity contribution in [3.8, 4) is 11.1 Å². The standard InChI is InChI=1S/C16H17N3S/c1-19-8-7-15(18-19)10-17-11-16-9-14(12-20-16)13-5-3-2-4-6-13/h2-9,12,17H,10-11H2,1H3. The molecule has 0 bridgehead atoms. The number of rotatable bonds is 5. The van der Waals surface area contributed by atoms with Gasteiger partial charge in [-0.25, -0.2) is 0 Å². The molecule has 102 valence electrons. The Morgan fingerprint density at radius 3 is 2.70 bits per heavy atom. The maximum Gasteiger partial charge on any atom is 0.0762 e. The van der Waals surface area contributed by atoms with Crippen LogP contribution < -0.4 is 5.32 Å². The Kier molecular flexibility index (Phi) is 3.95. The summed E-state index contributed by atoms with van der Waals surface area (Å²) in [6, 6.07) is 14.8. The number of nitrogens with one attached hydrogen (secondary N) is 1. The zero-order chi connectivity index (χ0) is 13.8. The van der Waals surface area contributed by atoms with Gasteiger partial charge in [-0.15, -0.1) is 11.3 Å². The minimum Gasteiger partial charge on any atom is -0.306 e. The van der Waals surface area contributed by atoms with Crippen LogP contribution in [0.3, 0.4) is 0 Å². The summed E-state index contributed by atoms with van der Waals surface area (Å²) in [4.78, 5) is 1.35. The van der Waals surface area contributed by atoms with Crippen molar-refractivity contribution in [3.05, 3.63) is 64.6 Å². The lowest BCUT2D eigenvalue weighted by molar-refractivity contribution is 0.661. The van der Waals surface area contributed by atoms with Crippen LogP contribution in [0, 0.1) is 0 Å². The van der Waals surface area contributed by atoms with Gasteiger partial charge in [0.1, 0.15) is 0 Å². The Bertz CT molecular complexity index is 670. The largest absolute Gasteiger partial charge is 0.306 e. The average Bonchev–Trinajstić information content (AvgIpc) is 3.09. The Labute approximate surface area is 122 Å². The summed E-state index contributed by atoms with van der Waals surface area (Å²) in [6.45, 7) is 1.69. The summed E-state index contributed by atoms with van der Waals surface area (Å²) in [5, 5.41) is 10.00. The van der Waals surface area contributed by atoms with Crippen molar-refractivity contribution in [1.29, 1.82) is 0 Å². The lowest BCUT2D eigenvalue weighted by Gasteiger charge is -2.00. The van der Waals surface area contributed by atoms with Gasteiger partial charge in [-0.2, -0.15) is 5.10 Å². The highest BCUT2D eigenvalue weighted by Gasteiger charge is 2.02. The molecule has 20 heavy (non-hydrogen) atoms. The van der Waals surface area contributed by atoms with Crippen LogP contribution in [0.5, 0.6) is 0 Å². The lowest BCUT2D eigenvalue weighted by Crippen LogP contribution is -2.12. The molecule has 0 aliphatic carbocycles. The molecule has 0 aliphatic heterocycles. The van der Waals surface area contributed by atoms with Gasteiger partial charge < -0.3 is 5.32 Å². The van der Waals surface area contributed by atoms with Crippen molar-refractivity contribution >= 4 is 11.3 Å². The van der Waals surface area contributed by atoms with Crippen LogP contribution in [0.4, 0.5) is 0 Å². The number of hydrogen-bond donors (Lipinski definition) is 1. The fourth-order valence-electron chi connectivity index (χ4n) is 2.13. The van der Waals surface area contributed by atoms with Crippen molar-refractivity contribution in [2.75, 3.05) is 0 Å². The first-order valence-electron chi connectivity index (χ1n) is 6.63. The number of aryl methyl sites for hydroxylation is 1. The van der Waals surface area contributed by atoms with Crippen LogP contribution in [0.25, 0.3) is 11.1 Å². The van der Waals surface area contributed by atoms with E-state index in [2.05, 4.69) is 46.1 Å². The van der Waals surface area contributed by atoms with E-state index in [-0.39, 0.29) is 0 Å². The monoisotopic (exact) mass is 283 g/mol. The molecule has 0 unspecified atom stereocenters. The van der Waals surface area contributed by atoms with Crippen molar-refractivity contribution in [1.82, 2.24) is 15.1 Å². The summed E-state index contributed by atoms with van der Waals surface area (Å²) in [6.07, 6.45) is 1.97. The lowest BCUT2D eigenvalue weighted by atomic mass is 10.1. The van der Waals surface area contributed by atoms with E-state index < -0.39 is 0 Å². The van der Waals surface area contributed by atoms with Gasteiger partial charge >= 0.3 is 0 Å². The van der Waals surface area contributed by atoms with E-state index in [1.165, 1.54) is 16.0 Å². The van der Waals surface area contributed by atoms with E-state index in [1.807, 2.05) is 30.1 Å². The third kappa shape index (κ3) is 3.15. The second-order valence-electron chi connectivity index (χ2n) is 4.75. The second kappa shape index (κ2) is 6.03. The summed E-state index contributed by atoms with van der Waals surface area (Å²) in [5.41, 5.74) is 3.65. The van der Waals surface area contributed by atoms with E-state index in [0.29, 0.717) is 0 Å². The van der Waals surface area contributed by atoms with Gasteiger partial charge in [0.05, 0.1) is 5.69 Å². The summed E-state index contributed by atoms with van der Waals surface area (Å²) < 4.78 is 1.83. The molecule has 0 amide bonds. The number of nitrogens with zero attached hydrogens (tertiary/aromatic N) is 2. The van der Waals surface area contributed by atoms with E-state index >= 15 is 0 Å². The molecule has 4 heteroatoms. The second-order valence-corrected chi connectivity index (χ2v) is 5.75. The highest BCUT2D eigenvalue weighted by molar-refractivity contribution is 7.10. The first-order valence-corrected chi connectivity index (χ1v) is 7.51. The van der Waals surface area contributed by atoms with Gasteiger partial charge in [0.15, 0.2) is 0 Å². The van der Waals surface area contributed by atoms with Gasteiger partial charge in [-0.1, -0.05) is 30.3 Å². The summed E-state index contributed by atoms with van der Waals surface area (Å²) in [5.74, 6) is 0.